The van der Waals surface area contributed by atoms with Crippen molar-refractivity contribution in [3.8, 4) is 23.3 Å². The Morgan fingerprint density at radius 2 is 1.29 bits per heavy atom. The molecule has 0 aliphatic heterocycles. The van der Waals surface area contributed by atoms with Crippen LogP contribution in [0.15, 0.2) is 54.1 Å². The maximum Gasteiger partial charge on any atom is 0.573 e. The highest BCUT2D eigenvalue weighted by molar-refractivity contribution is 5.54. The van der Waals surface area contributed by atoms with Gasteiger partial charge in [-0.15, -0.1) is 26.3 Å². The minimum atomic E-state index is -4.74. The van der Waals surface area contributed by atoms with E-state index in [0.717, 1.165) is 5.57 Å². The molecular weight excluding hydrogens is 386 g/mol. The molecule has 0 saturated heterocycles. The number of allylic oxidation sites excluding steroid dienone is 1. The Balaban J connectivity index is 1.94. The average molecular weight is 400 g/mol. The molecule has 2 nitrogen and oxygen atoms in total. The fourth-order valence-electron chi connectivity index (χ4n) is 2.13. The lowest BCUT2D eigenvalue weighted by Gasteiger charge is -2.08. The molecule has 2 aromatic carbocycles. The van der Waals surface area contributed by atoms with Gasteiger partial charge in [-0.3, -0.25) is 0 Å². The van der Waals surface area contributed by atoms with E-state index < -0.39 is 12.7 Å². The van der Waals surface area contributed by atoms with Crippen LogP contribution in [0.1, 0.15) is 24.5 Å². The lowest BCUT2D eigenvalue weighted by Crippen LogP contribution is -2.16. The number of rotatable bonds is 4. The van der Waals surface area contributed by atoms with Crippen molar-refractivity contribution in [2.75, 3.05) is 0 Å². The largest absolute Gasteiger partial charge is 0.573 e. The van der Waals surface area contributed by atoms with E-state index in [2.05, 4.69) is 21.3 Å². The minimum Gasteiger partial charge on any atom is -0.406 e. The number of hydrogen-bond donors (Lipinski definition) is 0. The second kappa shape index (κ2) is 8.74. The summed E-state index contributed by atoms with van der Waals surface area (Å²) in [7, 11) is 0. The van der Waals surface area contributed by atoms with Crippen molar-refractivity contribution in [2.45, 2.75) is 26.1 Å². The molecule has 0 saturated carbocycles. The summed E-state index contributed by atoms with van der Waals surface area (Å²) in [6.45, 7) is 1.80. The fraction of sp³-hybridized carbons (Fsp3) is 0.200. The van der Waals surface area contributed by atoms with Crippen LogP contribution in [0.5, 0.6) is 11.5 Å². The zero-order valence-corrected chi connectivity index (χ0v) is 14.5. The lowest BCUT2D eigenvalue weighted by molar-refractivity contribution is -0.275. The molecule has 8 heteroatoms. The van der Waals surface area contributed by atoms with Crippen molar-refractivity contribution in [1.29, 1.82) is 0 Å². The summed E-state index contributed by atoms with van der Waals surface area (Å²) in [5, 5.41) is 0. The van der Waals surface area contributed by atoms with Crippen LogP contribution in [0.3, 0.4) is 0 Å². The van der Waals surface area contributed by atoms with Crippen LogP contribution in [0.25, 0.3) is 6.08 Å². The van der Waals surface area contributed by atoms with E-state index in [1.165, 1.54) is 48.5 Å². The first-order valence-electron chi connectivity index (χ1n) is 7.88. The third-order valence-electron chi connectivity index (χ3n) is 3.21. The predicted octanol–water partition coefficient (Wildman–Crippen LogP) is 6.33. The molecule has 0 aromatic heterocycles. The molecule has 28 heavy (non-hydrogen) atoms. The highest BCUT2D eigenvalue weighted by Crippen LogP contribution is 2.24. The molecule has 148 valence electrons. The second-order valence-electron chi connectivity index (χ2n) is 5.66. The van der Waals surface area contributed by atoms with Gasteiger partial charge in [0.1, 0.15) is 11.5 Å². The normalized spacial score (nSPS) is 12.2. The van der Waals surface area contributed by atoms with Crippen molar-refractivity contribution < 1.29 is 35.8 Å². The molecule has 0 aliphatic carbocycles. The van der Waals surface area contributed by atoms with Crippen LogP contribution in [-0.2, 0) is 0 Å². The summed E-state index contributed by atoms with van der Waals surface area (Å²) >= 11 is 0. The van der Waals surface area contributed by atoms with Crippen LogP contribution in [0.4, 0.5) is 26.3 Å². The Labute approximate surface area is 157 Å². The fourth-order valence-corrected chi connectivity index (χ4v) is 2.13. The van der Waals surface area contributed by atoms with Crippen molar-refractivity contribution in [3.05, 3.63) is 65.2 Å². The Bertz CT molecular complexity index is 867. The Hall–Kier alpha value is -3.08. The number of halogens is 6. The third kappa shape index (κ3) is 8.08. The van der Waals surface area contributed by atoms with Gasteiger partial charge < -0.3 is 9.47 Å². The summed E-state index contributed by atoms with van der Waals surface area (Å²) in [6, 6.07) is 10.6. The summed E-state index contributed by atoms with van der Waals surface area (Å²) in [6.07, 6.45) is -7.35. The molecule has 2 aromatic rings. The van der Waals surface area contributed by atoms with Gasteiger partial charge in [-0.1, -0.05) is 35.6 Å². The molecule has 0 unspecified atom stereocenters. The maximum atomic E-state index is 12.1. The first-order chi connectivity index (χ1) is 13.0. The van der Waals surface area contributed by atoms with E-state index in [1.807, 2.05) is 0 Å². The van der Waals surface area contributed by atoms with Gasteiger partial charge >= 0.3 is 12.7 Å². The summed E-state index contributed by atoms with van der Waals surface area (Å²) in [5.74, 6) is 5.06. The smallest absolute Gasteiger partial charge is 0.406 e. The predicted molar refractivity (Wildman–Crippen MR) is 91.4 cm³/mol. The number of alkyl halides is 6. The van der Waals surface area contributed by atoms with E-state index in [4.69, 9.17) is 0 Å². The van der Waals surface area contributed by atoms with E-state index in [1.54, 1.807) is 13.0 Å². The van der Waals surface area contributed by atoms with Gasteiger partial charge in [0.05, 0.1) is 0 Å². The lowest BCUT2D eigenvalue weighted by atomic mass is 10.1. The van der Waals surface area contributed by atoms with E-state index in [9.17, 15) is 26.3 Å². The van der Waals surface area contributed by atoms with Crippen LogP contribution < -0.4 is 9.47 Å². The molecule has 0 bridgehead atoms. The van der Waals surface area contributed by atoms with Gasteiger partial charge in [-0.25, -0.2) is 0 Å². The zero-order chi connectivity index (χ0) is 20.8. The van der Waals surface area contributed by atoms with Crippen LogP contribution in [-0.4, -0.2) is 12.7 Å². The summed E-state index contributed by atoms with van der Waals surface area (Å²) in [5.41, 5.74) is 2.06. The highest BCUT2D eigenvalue weighted by atomic mass is 19.4. The van der Waals surface area contributed by atoms with Crippen LogP contribution in [0.2, 0.25) is 0 Å². The van der Waals surface area contributed by atoms with E-state index in [0.29, 0.717) is 17.5 Å². The monoisotopic (exact) mass is 400 g/mol. The van der Waals surface area contributed by atoms with Crippen LogP contribution in [0, 0.1) is 11.8 Å². The highest BCUT2D eigenvalue weighted by Gasteiger charge is 2.31. The van der Waals surface area contributed by atoms with E-state index >= 15 is 0 Å². The second-order valence-corrected chi connectivity index (χ2v) is 5.66. The Morgan fingerprint density at radius 1 is 0.821 bits per heavy atom. The molecular formula is C20H14F6O2. The van der Waals surface area contributed by atoms with Gasteiger partial charge in [-0.2, -0.15) is 0 Å². The van der Waals surface area contributed by atoms with Crippen LogP contribution >= 0.6 is 0 Å². The average Bonchev–Trinajstić information content (AvgIpc) is 2.56. The third-order valence-corrected chi connectivity index (χ3v) is 3.21. The van der Waals surface area contributed by atoms with E-state index in [-0.39, 0.29) is 11.5 Å². The molecule has 2 rings (SSSR count). The van der Waals surface area contributed by atoms with Gasteiger partial charge in [0.25, 0.3) is 0 Å². The van der Waals surface area contributed by atoms with Gasteiger partial charge in [-0.05, 0) is 48.9 Å². The van der Waals surface area contributed by atoms with Gasteiger partial charge in [0.2, 0.25) is 0 Å². The number of ether oxygens (including phenoxy) is 2. The Morgan fingerprint density at radius 3 is 1.75 bits per heavy atom. The molecule has 0 N–H and O–H groups in total. The molecule has 0 amide bonds. The number of hydrogen-bond acceptors (Lipinski definition) is 2. The molecule has 0 fully saturated rings. The summed E-state index contributed by atoms with van der Waals surface area (Å²) < 4.78 is 80.2. The molecule has 0 heterocycles. The standard InChI is InChI=1S/C20H14F6O2/c1-14(13-16-7-11-18(12-8-16)28-20(24,25)26)3-2-4-15-5-9-17(10-6-15)27-19(21,22)23/h5-13H,3H2,1H3/b14-13-. The molecule has 0 atom stereocenters. The Kier molecular flexibility index (Phi) is 6.62. The zero-order valence-electron chi connectivity index (χ0n) is 14.5. The van der Waals surface area contributed by atoms with Crippen molar-refractivity contribution in [1.82, 2.24) is 0 Å². The number of benzene rings is 2. The topological polar surface area (TPSA) is 18.5 Å². The van der Waals surface area contributed by atoms with Gasteiger partial charge in [0, 0.05) is 12.0 Å². The van der Waals surface area contributed by atoms with Crippen molar-refractivity contribution in [2.24, 2.45) is 0 Å². The van der Waals surface area contributed by atoms with Crippen molar-refractivity contribution >= 4 is 6.08 Å². The first kappa shape index (κ1) is 21.2. The van der Waals surface area contributed by atoms with Crippen molar-refractivity contribution in [3.63, 3.8) is 0 Å². The SMILES string of the molecule is C/C(=C/c1ccc(OC(F)(F)F)cc1)CC#Cc1ccc(OC(F)(F)F)cc1. The molecule has 0 aliphatic rings. The van der Waals surface area contributed by atoms with Gasteiger partial charge in [0.15, 0.2) is 0 Å². The summed E-state index contributed by atoms with van der Waals surface area (Å²) in [4.78, 5) is 0. The minimum absolute atomic E-state index is 0.306. The first-order valence-corrected chi connectivity index (χ1v) is 7.88. The molecule has 0 spiro atoms. The molecule has 0 radical (unpaired) electrons. The maximum absolute atomic E-state index is 12.1. The quantitative estimate of drug-likeness (QED) is 0.441.